The molecule has 13 heavy (non-hydrogen) atoms. The molecule has 0 aliphatic rings. The van der Waals surface area contributed by atoms with Crippen LogP contribution in [0.2, 0.25) is 0 Å². The van der Waals surface area contributed by atoms with Crippen molar-refractivity contribution in [1.29, 1.82) is 0 Å². The minimum Gasteiger partial charge on any atom is -0.385 e. The Balaban J connectivity index is 3.16. The van der Waals surface area contributed by atoms with Crippen LogP contribution in [0, 0.1) is 13.8 Å². The van der Waals surface area contributed by atoms with Crippen LogP contribution in [0.1, 0.15) is 37.0 Å². The Hall–Kier alpha value is -0.820. The summed E-state index contributed by atoms with van der Waals surface area (Å²) in [6.07, 6.45) is 0.747. The van der Waals surface area contributed by atoms with Crippen LogP contribution in [-0.2, 0) is 5.60 Å². The molecule has 0 aromatic heterocycles. The van der Waals surface area contributed by atoms with Gasteiger partial charge in [-0.1, -0.05) is 30.7 Å². The van der Waals surface area contributed by atoms with Gasteiger partial charge < -0.3 is 5.11 Å². The fraction of sp³-hybridized carbons (Fsp3) is 0.500. The monoisotopic (exact) mass is 178 g/mol. The van der Waals surface area contributed by atoms with E-state index in [1.165, 1.54) is 11.1 Å². The van der Waals surface area contributed by atoms with Gasteiger partial charge in [-0.25, -0.2) is 0 Å². The molecular weight excluding hydrogens is 160 g/mol. The van der Waals surface area contributed by atoms with Gasteiger partial charge >= 0.3 is 0 Å². The second-order valence-electron chi connectivity index (χ2n) is 3.95. The van der Waals surface area contributed by atoms with Gasteiger partial charge in [0.1, 0.15) is 0 Å². The quantitative estimate of drug-likeness (QED) is 0.738. The first-order valence-corrected chi connectivity index (χ1v) is 4.77. The lowest BCUT2D eigenvalue weighted by Crippen LogP contribution is -2.20. The lowest BCUT2D eigenvalue weighted by Gasteiger charge is -2.24. The standard InChI is InChI=1S/C12H18O/c1-5-12(4,13)11-7-6-9(2)8-10(11)3/h6-8,13H,5H2,1-4H3. The van der Waals surface area contributed by atoms with Crippen molar-refractivity contribution in [1.82, 2.24) is 0 Å². The molecule has 1 aromatic carbocycles. The number of aryl methyl sites for hydroxylation is 2. The van der Waals surface area contributed by atoms with E-state index < -0.39 is 5.60 Å². The first-order valence-electron chi connectivity index (χ1n) is 4.77. The SMILES string of the molecule is CCC(C)(O)c1ccc(C)cc1C. The molecule has 0 bridgehead atoms. The summed E-state index contributed by atoms with van der Waals surface area (Å²) >= 11 is 0. The fourth-order valence-electron chi connectivity index (χ4n) is 1.61. The maximum Gasteiger partial charge on any atom is 0.0868 e. The summed E-state index contributed by atoms with van der Waals surface area (Å²) in [6, 6.07) is 6.18. The highest BCUT2D eigenvalue weighted by Crippen LogP contribution is 2.27. The van der Waals surface area contributed by atoms with E-state index in [1.54, 1.807) is 0 Å². The van der Waals surface area contributed by atoms with E-state index in [-0.39, 0.29) is 0 Å². The maximum atomic E-state index is 10.1. The summed E-state index contributed by atoms with van der Waals surface area (Å²) in [6.45, 7) is 7.98. The summed E-state index contributed by atoms with van der Waals surface area (Å²) in [5, 5.41) is 10.1. The Labute approximate surface area is 80.4 Å². The van der Waals surface area contributed by atoms with E-state index in [0.29, 0.717) is 0 Å². The smallest absolute Gasteiger partial charge is 0.0868 e. The van der Waals surface area contributed by atoms with Crippen molar-refractivity contribution in [3.8, 4) is 0 Å². The molecule has 0 aliphatic carbocycles. The summed E-state index contributed by atoms with van der Waals surface area (Å²) < 4.78 is 0. The van der Waals surface area contributed by atoms with E-state index in [2.05, 4.69) is 13.0 Å². The van der Waals surface area contributed by atoms with E-state index in [1.807, 2.05) is 32.9 Å². The van der Waals surface area contributed by atoms with E-state index in [9.17, 15) is 5.11 Å². The third-order valence-corrected chi connectivity index (χ3v) is 2.65. The zero-order valence-corrected chi connectivity index (χ0v) is 8.89. The Bertz CT molecular complexity index is 300. The molecule has 1 nitrogen and oxygen atoms in total. The Kier molecular flexibility index (Phi) is 2.77. The second-order valence-corrected chi connectivity index (χ2v) is 3.95. The van der Waals surface area contributed by atoms with E-state index in [4.69, 9.17) is 0 Å². The van der Waals surface area contributed by atoms with Gasteiger partial charge in [0, 0.05) is 0 Å². The van der Waals surface area contributed by atoms with Crippen molar-refractivity contribution in [3.63, 3.8) is 0 Å². The molecule has 1 aromatic rings. The molecule has 0 aliphatic heterocycles. The van der Waals surface area contributed by atoms with Crippen LogP contribution in [0.3, 0.4) is 0 Å². The van der Waals surface area contributed by atoms with Crippen molar-refractivity contribution in [2.75, 3.05) is 0 Å². The number of benzene rings is 1. The van der Waals surface area contributed by atoms with Crippen molar-refractivity contribution < 1.29 is 5.11 Å². The molecule has 0 spiro atoms. The first kappa shape index (κ1) is 10.3. The Morgan fingerprint density at radius 3 is 2.38 bits per heavy atom. The number of rotatable bonds is 2. The van der Waals surface area contributed by atoms with Crippen LogP contribution in [0.15, 0.2) is 18.2 Å². The van der Waals surface area contributed by atoms with Gasteiger partial charge in [-0.15, -0.1) is 0 Å². The van der Waals surface area contributed by atoms with Crippen LogP contribution in [0.5, 0.6) is 0 Å². The largest absolute Gasteiger partial charge is 0.385 e. The molecule has 0 saturated carbocycles. The first-order chi connectivity index (χ1) is 5.97. The predicted octanol–water partition coefficient (Wildman–Crippen LogP) is 2.92. The lowest BCUT2D eigenvalue weighted by molar-refractivity contribution is 0.0524. The third-order valence-electron chi connectivity index (χ3n) is 2.65. The van der Waals surface area contributed by atoms with Crippen LogP contribution in [0.25, 0.3) is 0 Å². The molecule has 0 radical (unpaired) electrons. The number of aliphatic hydroxyl groups is 1. The highest BCUT2D eigenvalue weighted by Gasteiger charge is 2.21. The molecule has 1 atom stereocenters. The molecule has 0 fully saturated rings. The lowest BCUT2D eigenvalue weighted by atomic mass is 9.89. The Morgan fingerprint density at radius 1 is 1.31 bits per heavy atom. The summed E-state index contributed by atoms with van der Waals surface area (Å²) in [4.78, 5) is 0. The van der Waals surface area contributed by atoms with Crippen molar-refractivity contribution in [2.24, 2.45) is 0 Å². The summed E-state index contributed by atoms with van der Waals surface area (Å²) in [5.41, 5.74) is 2.78. The maximum absolute atomic E-state index is 10.1. The summed E-state index contributed by atoms with van der Waals surface area (Å²) in [5.74, 6) is 0. The van der Waals surface area contributed by atoms with Crippen molar-refractivity contribution >= 4 is 0 Å². The predicted molar refractivity (Wildman–Crippen MR) is 55.8 cm³/mol. The van der Waals surface area contributed by atoms with Crippen LogP contribution in [0.4, 0.5) is 0 Å². The summed E-state index contributed by atoms with van der Waals surface area (Å²) in [7, 11) is 0. The van der Waals surface area contributed by atoms with Gasteiger partial charge in [0.25, 0.3) is 0 Å². The average Bonchev–Trinajstić information content (AvgIpc) is 2.03. The van der Waals surface area contributed by atoms with E-state index >= 15 is 0 Å². The normalized spacial score (nSPS) is 15.5. The topological polar surface area (TPSA) is 20.2 Å². The molecule has 1 N–H and O–H groups in total. The molecule has 1 heteroatoms. The number of hydrogen-bond donors (Lipinski definition) is 1. The zero-order valence-electron chi connectivity index (χ0n) is 8.89. The van der Waals surface area contributed by atoms with Gasteiger partial charge in [0.2, 0.25) is 0 Å². The van der Waals surface area contributed by atoms with Crippen LogP contribution in [-0.4, -0.2) is 5.11 Å². The molecule has 1 unspecified atom stereocenters. The van der Waals surface area contributed by atoms with Crippen molar-refractivity contribution in [3.05, 3.63) is 34.9 Å². The molecule has 72 valence electrons. The van der Waals surface area contributed by atoms with E-state index in [0.717, 1.165) is 12.0 Å². The highest BCUT2D eigenvalue weighted by molar-refractivity contribution is 5.34. The van der Waals surface area contributed by atoms with Crippen LogP contribution >= 0.6 is 0 Å². The third kappa shape index (κ3) is 2.10. The number of hydrogen-bond acceptors (Lipinski definition) is 1. The van der Waals surface area contributed by atoms with Crippen molar-refractivity contribution in [2.45, 2.75) is 39.7 Å². The molecule has 1 rings (SSSR count). The molecule has 0 heterocycles. The molecule has 0 saturated heterocycles. The second kappa shape index (κ2) is 3.51. The average molecular weight is 178 g/mol. The molecule has 0 amide bonds. The minimum absolute atomic E-state index is 0.683. The molecular formula is C12H18O. The van der Waals surface area contributed by atoms with Gasteiger partial charge in [-0.3, -0.25) is 0 Å². The van der Waals surface area contributed by atoms with Gasteiger partial charge in [-0.05, 0) is 38.3 Å². The van der Waals surface area contributed by atoms with Crippen LogP contribution < -0.4 is 0 Å². The van der Waals surface area contributed by atoms with Gasteiger partial charge in [-0.2, -0.15) is 0 Å². The van der Waals surface area contributed by atoms with Gasteiger partial charge in [0.15, 0.2) is 0 Å². The minimum atomic E-state index is -0.683. The fourth-order valence-corrected chi connectivity index (χ4v) is 1.61. The zero-order chi connectivity index (χ0) is 10.1. The highest BCUT2D eigenvalue weighted by atomic mass is 16.3. The Morgan fingerprint density at radius 2 is 1.92 bits per heavy atom. The van der Waals surface area contributed by atoms with Gasteiger partial charge in [0.05, 0.1) is 5.60 Å².